The number of carbonyl (C=O) groups excluding carboxylic acids is 1. The highest BCUT2D eigenvalue weighted by Crippen LogP contribution is 2.21. The van der Waals surface area contributed by atoms with E-state index < -0.39 is 0 Å². The molecular formula is C16H16O3. The molecular weight excluding hydrogens is 240 g/mol. The third-order valence-electron chi connectivity index (χ3n) is 2.77. The molecule has 0 spiro atoms. The van der Waals surface area contributed by atoms with E-state index in [-0.39, 0.29) is 0 Å². The van der Waals surface area contributed by atoms with Crippen LogP contribution in [0.4, 0.5) is 0 Å². The fraction of sp³-hybridized carbons (Fsp3) is 0.188. The fourth-order valence-corrected chi connectivity index (χ4v) is 1.69. The second kappa shape index (κ2) is 6.71. The van der Waals surface area contributed by atoms with Crippen molar-refractivity contribution in [3.63, 3.8) is 0 Å². The molecule has 2 aromatic rings. The number of benzene rings is 2. The first kappa shape index (κ1) is 13.3. The van der Waals surface area contributed by atoms with Crippen LogP contribution in [0.2, 0.25) is 0 Å². The molecule has 2 rings (SSSR count). The van der Waals surface area contributed by atoms with Crippen LogP contribution in [0.15, 0.2) is 48.5 Å². The molecule has 0 bridgehead atoms. The molecule has 0 aliphatic carbocycles. The summed E-state index contributed by atoms with van der Waals surface area (Å²) in [6.07, 6.45) is 1.71. The lowest BCUT2D eigenvalue weighted by molar-refractivity contribution is 0.112. The van der Waals surface area contributed by atoms with Gasteiger partial charge in [-0.2, -0.15) is 0 Å². The third-order valence-corrected chi connectivity index (χ3v) is 2.77. The Bertz CT molecular complexity index is 515. The average Bonchev–Trinajstić information content (AvgIpc) is 2.47. The minimum atomic E-state index is 0.641. The summed E-state index contributed by atoms with van der Waals surface area (Å²) in [6, 6.07) is 14.9. The van der Waals surface area contributed by atoms with E-state index in [9.17, 15) is 4.79 Å². The molecule has 19 heavy (non-hydrogen) atoms. The molecule has 0 aliphatic rings. The minimum Gasteiger partial charge on any atom is -0.457 e. The van der Waals surface area contributed by atoms with Crippen LogP contribution >= 0.6 is 0 Å². The zero-order chi connectivity index (χ0) is 13.5. The first-order valence-corrected chi connectivity index (χ1v) is 6.13. The van der Waals surface area contributed by atoms with Crippen molar-refractivity contribution < 1.29 is 14.3 Å². The number of hydrogen-bond acceptors (Lipinski definition) is 3. The van der Waals surface area contributed by atoms with Crippen molar-refractivity contribution in [2.24, 2.45) is 0 Å². The van der Waals surface area contributed by atoms with E-state index in [1.807, 2.05) is 24.3 Å². The predicted octanol–water partition coefficient (Wildman–Crippen LogP) is 3.48. The molecule has 0 unspecified atom stereocenters. The highest BCUT2D eigenvalue weighted by molar-refractivity contribution is 5.74. The number of carbonyl (C=O) groups is 1. The monoisotopic (exact) mass is 256 g/mol. The summed E-state index contributed by atoms with van der Waals surface area (Å²) in [5.74, 6) is 1.50. The number of aldehydes is 1. The molecule has 0 fully saturated rings. The van der Waals surface area contributed by atoms with E-state index in [4.69, 9.17) is 9.47 Å². The van der Waals surface area contributed by atoms with E-state index in [0.29, 0.717) is 12.2 Å². The summed E-state index contributed by atoms with van der Waals surface area (Å²) in [7, 11) is 1.69. The van der Waals surface area contributed by atoms with Crippen LogP contribution in [0.3, 0.4) is 0 Å². The Morgan fingerprint density at radius 1 is 0.947 bits per heavy atom. The van der Waals surface area contributed by atoms with Crippen LogP contribution in [0, 0.1) is 0 Å². The Balaban J connectivity index is 1.99. The summed E-state index contributed by atoms with van der Waals surface area (Å²) in [4.78, 5) is 10.5. The Morgan fingerprint density at radius 3 is 2.05 bits per heavy atom. The smallest absolute Gasteiger partial charge is 0.150 e. The zero-order valence-corrected chi connectivity index (χ0v) is 10.8. The molecule has 0 saturated carbocycles. The van der Waals surface area contributed by atoms with Crippen molar-refractivity contribution in [1.82, 2.24) is 0 Å². The van der Waals surface area contributed by atoms with Crippen molar-refractivity contribution >= 4 is 6.29 Å². The van der Waals surface area contributed by atoms with E-state index in [1.54, 1.807) is 31.4 Å². The lowest BCUT2D eigenvalue weighted by Gasteiger charge is -2.07. The summed E-state index contributed by atoms with van der Waals surface area (Å²) >= 11 is 0. The first-order chi connectivity index (χ1) is 9.31. The van der Waals surface area contributed by atoms with E-state index in [2.05, 4.69) is 0 Å². The normalized spacial score (nSPS) is 10.2. The summed E-state index contributed by atoms with van der Waals surface area (Å²) in [6.45, 7) is 0.716. The summed E-state index contributed by atoms with van der Waals surface area (Å²) in [5, 5.41) is 0. The van der Waals surface area contributed by atoms with Crippen LogP contribution in [0.25, 0.3) is 0 Å². The standard InChI is InChI=1S/C16H16O3/c1-18-11-10-13-2-6-15(7-3-13)19-16-8-4-14(12-17)5-9-16/h2-9,12H,10-11H2,1H3. The maximum absolute atomic E-state index is 10.5. The molecule has 0 N–H and O–H groups in total. The van der Waals surface area contributed by atoms with Crippen molar-refractivity contribution in [2.75, 3.05) is 13.7 Å². The molecule has 2 aromatic carbocycles. The van der Waals surface area contributed by atoms with Gasteiger partial charge in [-0.1, -0.05) is 12.1 Å². The zero-order valence-electron chi connectivity index (χ0n) is 10.8. The Hall–Kier alpha value is -2.13. The molecule has 98 valence electrons. The van der Waals surface area contributed by atoms with Gasteiger partial charge in [-0.25, -0.2) is 0 Å². The second-order valence-corrected chi connectivity index (χ2v) is 4.18. The van der Waals surface area contributed by atoms with Gasteiger partial charge >= 0.3 is 0 Å². The summed E-state index contributed by atoms with van der Waals surface area (Å²) < 4.78 is 10.7. The van der Waals surface area contributed by atoms with Gasteiger partial charge in [0.15, 0.2) is 0 Å². The topological polar surface area (TPSA) is 35.5 Å². The quantitative estimate of drug-likeness (QED) is 0.742. The first-order valence-electron chi connectivity index (χ1n) is 6.13. The van der Waals surface area contributed by atoms with Crippen molar-refractivity contribution in [1.29, 1.82) is 0 Å². The van der Waals surface area contributed by atoms with E-state index in [0.717, 1.165) is 24.2 Å². The number of rotatable bonds is 6. The number of methoxy groups -OCH3 is 1. The van der Waals surface area contributed by atoms with Gasteiger partial charge in [-0.3, -0.25) is 4.79 Å². The van der Waals surface area contributed by atoms with Gasteiger partial charge in [0, 0.05) is 12.7 Å². The molecule has 0 heterocycles. The average molecular weight is 256 g/mol. The highest BCUT2D eigenvalue weighted by atomic mass is 16.5. The molecule has 0 aliphatic heterocycles. The molecule has 3 heteroatoms. The third kappa shape index (κ3) is 3.93. The SMILES string of the molecule is COCCc1ccc(Oc2ccc(C=O)cc2)cc1. The van der Waals surface area contributed by atoms with Crippen molar-refractivity contribution in [2.45, 2.75) is 6.42 Å². The van der Waals surface area contributed by atoms with Gasteiger partial charge < -0.3 is 9.47 Å². The van der Waals surface area contributed by atoms with Crippen LogP contribution in [-0.4, -0.2) is 20.0 Å². The fourth-order valence-electron chi connectivity index (χ4n) is 1.69. The van der Waals surface area contributed by atoms with Crippen LogP contribution in [0.5, 0.6) is 11.5 Å². The lowest BCUT2D eigenvalue weighted by atomic mass is 10.1. The Kier molecular flexibility index (Phi) is 4.70. The van der Waals surface area contributed by atoms with Gasteiger partial charge in [-0.15, -0.1) is 0 Å². The number of ether oxygens (including phenoxy) is 2. The van der Waals surface area contributed by atoms with Crippen LogP contribution < -0.4 is 4.74 Å². The molecule has 0 saturated heterocycles. The maximum Gasteiger partial charge on any atom is 0.150 e. The van der Waals surface area contributed by atoms with Gasteiger partial charge in [0.1, 0.15) is 17.8 Å². The maximum atomic E-state index is 10.5. The van der Waals surface area contributed by atoms with Crippen LogP contribution in [-0.2, 0) is 11.2 Å². The Labute approximate surface area is 112 Å². The van der Waals surface area contributed by atoms with Gasteiger partial charge in [-0.05, 0) is 48.4 Å². The van der Waals surface area contributed by atoms with E-state index in [1.165, 1.54) is 5.56 Å². The number of hydrogen-bond donors (Lipinski definition) is 0. The van der Waals surface area contributed by atoms with E-state index >= 15 is 0 Å². The lowest BCUT2D eigenvalue weighted by Crippen LogP contribution is -1.94. The molecule has 0 aromatic heterocycles. The molecule has 0 amide bonds. The Morgan fingerprint density at radius 2 is 1.53 bits per heavy atom. The van der Waals surface area contributed by atoms with Gasteiger partial charge in [0.2, 0.25) is 0 Å². The van der Waals surface area contributed by atoms with Crippen molar-refractivity contribution in [3.05, 3.63) is 59.7 Å². The molecule has 0 radical (unpaired) electrons. The molecule has 3 nitrogen and oxygen atoms in total. The van der Waals surface area contributed by atoms with Crippen LogP contribution in [0.1, 0.15) is 15.9 Å². The van der Waals surface area contributed by atoms with Crippen molar-refractivity contribution in [3.8, 4) is 11.5 Å². The predicted molar refractivity (Wildman–Crippen MR) is 73.9 cm³/mol. The second-order valence-electron chi connectivity index (χ2n) is 4.18. The minimum absolute atomic E-state index is 0.641. The summed E-state index contributed by atoms with van der Waals surface area (Å²) in [5.41, 5.74) is 1.85. The highest BCUT2D eigenvalue weighted by Gasteiger charge is 1.98. The largest absolute Gasteiger partial charge is 0.457 e. The van der Waals surface area contributed by atoms with Gasteiger partial charge in [0.25, 0.3) is 0 Å². The van der Waals surface area contributed by atoms with Gasteiger partial charge in [0.05, 0.1) is 6.61 Å². The molecule has 0 atom stereocenters.